The zero-order chi connectivity index (χ0) is 9.10. The topological polar surface area (TPSA) is 15.3 Å². The van der Waals surface area contributed by atoms with Crippen LogP contribution in [0.2, 0.25) is 5.02 Å². The maximum absolute atomic E-state index is 6.10. The van der Waals surface area contributed by atoms with E-state index in [4.69, 9.17) is 11.6 Å². The van der Waals surface area contributed by atoms with E-state index < -0.39 is 0 Å². The molecule has 0 spiro atoms. The molecular weight excluding hydrogens is 219 g/mol. The second kappa shape index (κ2) is 5.44. The highest BCUT2D eigenvalue weighted by Crippen LogP contribution is 2.24. The van der Waals surface area contributed by atoms with Gasteiger partial charge in [-0.2, -0.15) is 0 Å². The lowest BCUT2D eigenvalue weighted by Crippen LogP contribution is -2.43. The minimum absolute atomic E-state index is 0. The molecule has 1 fully saturated rings. The Morgan fingerprint density at radius 1 is 1.14 bits per heavy atom. The number of rotatable bonds is 1. The summed E-state index contributed by atoms with van der Waals surface area (Å²) in [4.78, 5) is 2.32. The fourth-order valence-electron chi connectivity index (χ4n) is 1.61. The van der Waals surface area contributed by atoms with Gasteiger partial charge in [0.25, 0.3) is 0 Å². The maximum Gasteiger partial charge on any atom is 0.0639 e. The molecule has 4 heteroatoms. The summed E-state index contributed by atoms with van der Waals surface area (Å²) >= 11 is 6.10. The number of nitrogens with zero attached hydrogens (tertiary/aromatic N) is 1. The molecule has 1 heterocycles. The average Bonchev–Trinajstić information content (AvgIpc) is 2.20. The van der Waals surface area contributed by atoms with Crippen LogP contribution in [0.15, 0.2) is 24.3 Å². The van der Waals surface area contributed by atoms with E-state index in [1.54, 1.807) is 0 Å². The summed E-state index contributed by atoms with van der Waals surface area (Å²) in [6, 6.07) is 8.02. The van der Waals surface area contributed by atoms with Crippen LogP contribution in [0.5, 0.6) is 0 Å². The molecule has 0 aromatic heterocycles. The third kappa shape index (κ3) is 2.53. The molecule has 0 aliphatic carbocycles. The highest BCUT2D eigenvalue weighted by molar-refractivity contribution is 6.33. The van der Waals surface area contributed by atoms with Crippen molar-refractivity contribution in [3.05, 3.63) is 29.3 Å². The van der Waals surface area contributed by atoms with Crippen LogP contribution in [0.3, 0.4) is 0 Å². The van der Waals surface area contributed by atoms with Gasteiger partial charge in [-0.3, -0.25) is 0 Å². The summed E-state index contributed by atoms with van der Waals surface area (Å²) in [7, 11) is 0. The van der Waals surface area contributed by atoms with Gasteiger partial charge in [0.15, 0.2) is 0 Å². The number of hydrogen-bond donors (Lipinski definition) is 1. The molecule has 0 atom stereocenters. The maximum atomic E-state index is 6.10. The quantitative estimate of drug-likeness (QED) is 0.799. The molecule has 1 N–H and O–H groups in total. The third-order valence-electron chi connectivity index (χ3n) is 2.31. The van der Waals surface area contributed by atoms with Gasteiger partial charge in [0.2, 0.25) is 0 Å². The second-order valence-corrected chi connectivity index (χ2v) is 3.60. The van der Waals surface area contributed by atoms with Crippen molar-refractivity contribution in [2.75, 3.05) is 31.1 Å². The van der Waals surface area contributed by atoms with Gasteiger partial charge in [-0.1, -0.05) is 23.7 Å². The van der Waals surface area contributed by atoms with Crippen molar-refractivity contribution in [1.82, 2.24) is 5.32 Å². The SMILES string of the molecule is Cl.Clc1ccccc1N1CCNCC1. The van der Waals surface area contributed by atoms with Crippen molar-refractivity contribution in [2.24, 2.45) is 0 Å². The molecule has 0 amide bonds. The van der Waals surface area contributed by atoms with E-state index >= 15 is 0 Å². The molecule has 2 rings (SSSR count). The summed E-state index contributed by atoms with van der Waals surface area (Å²) in [5.41, 5.74) is 1.16. The van der Waals surface area contributed by atoms with Crippen LogP contribution < -0.4 is 10.2 Å². The van der Waals surface area contributed by atoms with Gasteiger partial charge in [-0.05, 0) is 12.1 Å². The van der Waals surface area contributed by atoms with Gasteiger partial charge in [0.05, 0.1) is 10.7 Å². The number of benzene rings is 1. The Balaban J connectivity index is 0.000000980. The normalized spacial score (nSPS) is 16.2. The van der Waals surface area contributed by atoms with E-state index in [2.05, 4.69) is 16.3 Å². The molecule has 1 aliphatic heterocycles. The monoisotopic (exact) mass is 232 g/mol. The van der Waals surface area contributed by atoms with E-state index in [0.29, 0.717) is 0 Å². The van der Waals surface area contributed by atoms with Crippen LogP contribution in [-0.4, -0.2) is 26.2 Å². The van der Waals surface area contributed by atoms with Crippen LogP contribution in [0.25, 0.3) is 0 Å². The summed E-state index contributed by atoms with van der Waals surface area (Å²) in [5.74, 6) is 0. The Bertz CT molecular complexity index is 285. The molecule has 78 valence electrons. The molecule has 1 saturated heterocycles. The predicted octanol–water partition coefficient (Wildman–Crippen LogP) is 2.17. The van der Waals surface area contributed by atoms with E-state index in [1.807, 2.05) is 18.2 Å². The van der Waals surface area contributed by atoms with Gasteiger partial charge in [0.1, 0.15) is 0 Å². The predicted molar refractivity (Wildman–Crippen MR) is 63.8 cm³/mol. The Morgan fingerprint density at radius 3 is 2.43 bits per heavy atom. The molecule has 0 bridgehead atoms. The zero-order valence-electron chi connectivity index (χ0n) is 7.87. The first-order valence-electron chi connectivity index (χ1n) is 4.58. The summed E-state index contributed by atoms with van der Waals surface area (Å²) in [6.45, 7) is 4.18. The van der Waals surface area contributed by atoms with Crippen LogP contribution in [0.1, 0.15) is 0 Å². The summed E-state index contributed by atoms with van der Waals surface area (Å²) in [6.07, 6.45) is 0. The highest BCUT2D eigenvalue weighted by Gasteiger charge is 2.11. The molecule has 0 radical (unpaired) electrons. The van der Waals surface area contributed by atoms with Gasteiger partial charge in [0, 0.05) is 26.2 Å². The fraction of sp³-hybridized carbons (Fsp3) is 0.400. The number of anilines is 1. The van der Waals surface area contributed by atoms with E-state index in [9.17, 15) is 0 Å². The minimum Gasteiger partial charge on any atom is -0.368 e. The summed E-state index contributed by atoms with van der Waals surface area (Å²) < 4.78 is 0. The van der Waals surface area contributed by atoms with Crippen molar-refractivity contribution < 1.29 is 0 Å². The molecule has 14 heavy (non-hydrogen) atoms. The van der Waals surface area contributed by atoms with Gasteiger partial charge < -0.3 is 10.2 Å². The molecule has 0 unspecified atom stereocenters. The number of piperazine rings is 1. The van der Waals surface area contributed by atoms with Crippen molar-refractivity contribution in [3.8, 4) is 0 Å². The molecule has 1 aliphatic rings. The first-order chi connectivity index (χ1) is 6.38. The lowest BCUT2D eigenvalue weighted by molar-refractivity contribution is 0.589. The standard InChI is InChI=1S/C10H13ClN2.ClH/c11-9-3-1-2-4-10(9)13-7-5-12-6-8-13;/h1-4,12H,5-8H2;1H. The number of nitrogens with one attached hydrogen (secondary N) is 1. The minimum atomic E-state index is 0. The van der Waals surface area contributed by atoms with Crippen LogP contribution in [0, 0.1) is 0 Å². The lowest BCUT2D eigenvalue weighted by atomic mass is 10.2. The Kier molecular flexibility index (Phi) is 4.52. The Morgan fingerprint density at radius 2 is 1.79 bits per heavy atom. The van der Waals surface area contributed by atoms with Crippen molar-refractivity contribution in [2.45, 2.75) is 0 Å². The Labute approximate surface area is 95.7 Å². The largest absolute Gasteiger partial charge is 0.368 e. The first kappa shape index (κ1) is 11.6. The van der Waals surface area contributed by atoms with Gasteiger partial charge >= 0.3 is 0 Å². The second-order valence-electron chi connectivity index (χ2n) is 3.19. The van der Waals surface area contributed by atoms with Crippen LogP contribution in [-0.2, 0) is 0 Å². The van der Waals surface area contributed by atoms with Crippen molar-refractivity contribution in [3.63, 3.8) is 0 Å². The molecule has 2 nitrogen and oxygen atoms in total. The number of hydrogen-bond acceptors (Lipinski definition) is 2. The van der Waals surface area contributed by atoms with E-state index in [1.165, 1.54) is 0 Å². The number of para-hydroxylation sites is 1. The van der Waals surface area contributed by atoms with Gasteiger partial charge in [-0.15, -0.1) is 12.4 Å². The van der Waals surface area contributed by atoms with Crippen molar-refractivity contribution in [1.29, 1.82) is 0 Å². The van der Waals surface area contributed by atoms with Gasteiger partial charge in [-0.25, -0.2) is 0 Å². The highest BCUT2D eigenvalue weighted by atomic mass is 35.5. The summed E-state index contributed by atoms with van der Waals surface area (Å²) in [5, 5.41) is 4.17. The molecule has 1 aromatic rings. The van der Waals surface area contributed by atoms with Crippen LogP contribution >= 0.6 is 24.0 Å². The van der Waals surface area contributed by atoms with E-state index in [0.717, 1.165) is 36.9 Å². The van der Waals surface area contributed by atoms with E-state index in [-0.39, 0.29) is 12.4 Å². The molecular formula is C10H14Cl2N2. The lowest BCUT2D eigenvalue weighted by Gasteiger charge is -2.30. The van der Waals surface area contributed by atoms with Crippen LogP contribution in [0.4, 0.5) is 5.69 Å². The third-order valence-corrected chi connectivity index (χ3v) is 2.63. The molecule has 0 saturated carbocycles. The first-order valence-corrected chi connectivity index (χ1v) is 4.96. The zero-order valence-corrected chi connectivity index (χ0v) is 9.44. The molecule has 1 aromatic carbocycles. The average molecular weight is 233 g/mol. The van der Waals surface area contributed by atoms with Crippen molar-refractivity contribution >= 4 is 29.7 Å². The smallest absolute Gasteiger partial charge is 0.0639 e. The fourth-order valence-corrected chi connectivity index (χ4v) is 1.87. The number of halogens is 2. The Hall–Kier alpha value is -0.440.